The number of ether oxygens (including phenoxy) is 1. The van der Waals surface area contributed by atoms with Gasteiger partial charge in [0.2, 0.25) is 0 Å². The second-order valence-electron chi connectivity index (χ2n) is 8.31. The van der Waals surface area contributed by atoms with Crippen LogP contribution in [0.1, 0.15) is 35.2 Å². The first-order chi connectivity index (χ1) is 16.6. The first kappa shape index (κ1) is 24.5. The number of amides is 1. The number of benzene rings is 3. The number of carbonyl (C=O) groups is 3. The number of aliphatic hydroxyl groups is 1. The summed E-state index contributed by atoms with van der Waals surface area (Å²) in [6.45, 7) is 5.08. The number of aliphatic hydroxyl groups excluding tert-OH is 1. The maximum absolute atomic E-state index is 13.3. The Labute approximate surface area is 212 Å². The molecule has 1 amide bonds. The van der Waals surface area contributed by atoms with E-state index in [9.17, 15) is 19.5 Å². The Kier molecular flexibility index (Phi) is 6.70. The number of hydrogen-bond acceptors (Lipinski definition) is 5. The Morgan fingerprint density at radius 2 is 1.54 bits per heavy atom. The normalized spacial score (nSPS) is 17.1. The minimum absolute atomic E-state index is 0.0900. The lowest BCUT2D eigenvalue weighted by molar-refractivity contribution is -0.132. The number of nitrogens with zero attached hydrogens (tertiary/aromatic N) is 1. The molecule has 178 valence electrons. The lowest BCUT2D eigenvalue weighted by Gasteiger charge is -2.26. The molecule has 8 heteroatoms. The number of rotatable bonds is 4. The minimum Gasteiger partial charge on any atom is -0.507 e. The molecule has 1 unspecified atom stereocenters. The van der Waals surface area contributed by atoms with Crippen LogP contribution >= 0.6 is 23.2 Å². The SMILES string of the molecule is CC(=O)Oc1ccc(C2/C(=C(/O)c3ccc(Cl)c(Cl)c3)C(=O)C(=O)N2c2cc(C)cc(C)c2)cc1. The molecule has 35 heavy (non-hydrogen) atoms. The second-order valence-corrected chi connectivity index (χ2v) is 9.12. The Balaban J connectivity index is 1.93. The van der Waals surface area contributed by atoms with Crippen LogP contribution in [0.4, 0.5) is 5.69 Å². The van der Waals surface area contributed by atoms with Gasteiger partial charge in [0, 0.05) is 18.2 Å². The smallest absolute Gasteiger partial charge is 0.308 e. The van der Waals surface area contributed by atoms with Gasteiger partial charge in [-0.25, -0.2) is 0 Å². The Bertz CT molecular complexity index is 1370. The van der Waals surface area contributed by atoms with Crippen LogP contribution < -0.4 is 9.64 Å². The highest BCUT2D eigenvalue weighted by Gasteiger charge is 2.47. The number of hydrogen-bond donors (Lipinski definition) is 1. The fourth-order valence-electron chi connectivity index (χ4n) is 4.19. The largest absolute Gasteiger partial charge is 0.507 e. The molecule has 0 spiro atoms. The second kappa shape index (κ2) is 9.56. The minimum atomic E-state index is -0.933. The van der Waals surface area contributed by atoms with E-state index >= 15 is 0 Å². The average Bonchev–Trinajstić information content (AvgIpc) is 3.05. The Hall–Kier alpha value is -3.61. The van der Waals surface area contributed by atoms with Crippen molar-refractivity contribution in [1.29, 1.82) is 0 Å². The standard InChI is InChI=1S/C27H21Cl2NO5/c1-14-10-15(2)12-19(11-14)30-24(17-4-7-20(8-5-17)35-16(3)31)23(26(33)27(30)34)25(32)18-6-9-21(28)22(29)13-18/h4-13,24,32H,1-3H3/b25-23-. The van der Waals surface area contributed by atoms with E-state index in [0.717, 1.165) is 11.1 Å². The van der Waals surface area contributed by atoms with Crippen molar-refractivity contribution in [3.05, 3.63) is 98.5 Å². The Morgan fingerprint density at radius 1 is 0.914 bits per heavy atom. The lowest BCUT2D eigenvalue weighted by atomic mass is 9.95. The van der Waals surface area contributed by atoms with Crippen molar-refractivity contribution in [2.24, 2.45) is 0 Å². The van der Waals surface area contributed by atoms with Gasteiger partial charge in [-0.1, -0.05) is 41.4 Å². The van der Waals surface area contributed by atoms with Crippen LogP contribution in [0.5, 0.6) is 5.75 Å². The van der Waals surface area contributed by atoms with Gasteiger partial charge in [0.25, 0.3) is 11.7 Å². The van der Waals surface area contributed by atoms with Crippen molar-refractivity contribution in [1.82, 2.24) is 0 Å². The molecule has 0 aliphatic carbocycles. The van der Waals surface area contributed by atoms with E-state index < -0.39 is 23.7 Å². The number of esters is 1. The molecule has 1 N–H and O–H groups in total. The van der Waals surface area contributed by atoms with Crippen molar-refractivity contribution < 1.29 is 24.2 Å². The zero-order valence-electron chi connectivity index (χ0n) is 19.1. The third-order valence-corrected chi connectivity index (χ3v) is 6.32. The van der Waals surface area contributed by atoms with E-state index in [1.54, 1.807) is 36.4 Å². The summed E-state index contributed by atoms with van der Waals surface area (Å²) in [5.74, 6) is -2.14. The number of carbonyl (C=O) groups excluding carboxylic acids is 3. The van der Waals surface area contributed by atoms with Crippen LogP contribution in [0, 0.1) is 13.8 Å². The lowest BCUT2D eigenvalue weighted by Crippen LogP contribution is -2.29. The molecular formula is C27H21Cl2NO5. The fraction of sp³-hybridized carbons (Fsp3) is 0.148. The molecule has 1 saturated heterocycles. The predicted octanol–water partition coefficient (Wildman–Crippen LogP) is 6.16. The van der Waals surface area contributed by atoms with E-state index in [-0.39, 0.29) is 26.9 Å². The van der Waals surface area contributed by atoms with Crippen LogP contribution in [-0.2, 0) is 14.4 Å². The molecule has 1 atom stereocenters. The van der Waals surface area contributed by atoms with Gasteiger partial charge >= 0.3 is 5.97 Å². The van der Waals surface area contributed by atoms with E-state index in [1.807, 2.05) is 19.9 Å². The molecule has 1 heterocycles. The van der Waals surface area contributed by atoms with Gasteiger partial charge in [-0.2, -0.15) is 0 Å². The van der Waals surface area contributed by atoms with Crippen molar-refractivity contribution >= 4 is 52.3 Å². The van der Waals surface area contributed by atoms with Crippen molar-refractivity contribution in [2.75, 3.05) is 4.90 Å². The molecule has 0 bridgehead atoms. The molecule has 1 aliphatic heterocycles. The first-order valence-corrected chi connectivity index (χ1v) is 11.5. The van der Waals surface area contributed by atoms with Gasteiger partial charge in [0.15, 0.2) is 0 Å². The summed E-state index contributed by atoms with van der Waals surface area (Å²) < 4.78 is 5.11. The third-order valence-electron chi connectivity index (χ3n) is 5.58. The molecule has 4 rings (SSSR count). The summed E-state index contributed by atoms with van der Waals surface area (Å²) >= 11 is 12.1. The predicted molar refractivity (Wildman–Crippen MR) is 135 cm³/mol. The number of halogens is 2. The zero-order valence-corrected chi connectivity index (χ0v) is 20.6. The van der Waals surface area contributed by atoms with Crippen LogP contribution in [0.15, 0.2) is 66.2 Å². The van der Waals surface area contributed by atoms with Crippen LogP contribution in [0.25, 0.3) is 5.76 Å². The van der Waals surface area contributed by atoms with E-state index in [1.165, 1.54) is 30.0 Å². The number of Topliss-reactive ketones (excluding diaryl/α,β-unsaturated/α-hetero) is 1. The molecule has 3 aromatic rings. The topological polar surface area (TPSA) is 83.9 Å². The van der Waals surface area contributed by atoms with Gasteiger partial charge in [0.05, 0.1) is 21.7 Å². The van der Waals surface area contributed by atoms with Crippen LogP contribution in [-0.4, -0.2) is 22.8 Å². The summed E-state index contributed by atoms with van der Waals surface area (Å²) in [6.07, 6.45) is 0. The molecule has 3 aromatic carbocycles. The van der Waals surface area contributed by atoms with E-state index in [4.69, 9.17) is 27.9 Å². The average molecular weight is 510 g/mol. The van der Waals surface area contributed by atoms with Crippen LogP contribution in [0.2, 0.25) is 10.0 Å². The van der Waals surface area contributed by atoms with Crippen molar-refractivity contribution in [3.8, 4) is 5.75 Å². The van der Waals surface area contributed by atoms with E-state index in [0.29, 0.717) is 17.0 Å². The fourth-order valence-corrected chi connectivity index (χ4v) is 4.49. The molecule has 1 aliphatic rings. The highest BCUT2D eigenvalue weighted by molar-refractivity contribution is 6.51. The van der Waals surface area contributed by atoms with Gasteiger partial charge < -0.3 is 9.84 Å². The Morgan fingerprint density at radius 3 is 2.11 bits per heavy atom. The summed E-state index contributed by atoms with van der Waals surface area (Å²) in [5.41, 5.74) is 3.05. The molecule has 0 radical (unpaired) electrons. The first-order valence-electron chi connectivity index (χ1n) is 10.7. The summed E-state index contributed by atoms with van der Waals surface area (Å²) in [5, 5.41) is 11.7. The van der Waals surface area contributed by atoms with Gasteiger partial charge in [0.1, 0.15) is 11.5 Å². The van der Waals surface area contributed by atoms with Gasteiger partial charge in [-0.3, -0.25) is 19.3 Å². The van der Waals surface area contributed by atoms with Crippen molar-refractivity contribution in [3.63, 3.8) is 0 Å². The number of aryl methyl sites for hydroxylation is 2. The molecular weight excluding hydrogens is 489 g/mol. The monoisotopic (exact) mass is 509 g/mol. The summed E-state index contributed by atoms with van der Waals surface area (Å²) in [6, 6.07) is 15.5. The molecule has 6 nitrogen and oxygen atoms in total. The highest BCUT2D eigenvalue weighted by atomic mass is 35.5. The quantitative estimate of drug-likeness (QED) is 0.149. The third kappa shape index (κ3) is 4.81. The maximum Gasteiger partial charge on any atom is 0.308 e. The summed E-state index contributed by atoms with van der Waals surface area (Å²) in [4.78, 5) is 39.3. The maximum atomic E-state index is 13.3. The number of anilines is 1. The number of ketones is 1. The zero-order chi connectivity index (χ0) is 25.4. The molecule has 0 saturated carbocycles. The molecule has 1 fully saturated rings. The van der Waals surface area contributed by atoms with Gasteiger partial charge in [-0.05, 0) is 73.0 Å². The van der Waals surface area contributed by atoms with Crippen molar-refractivity contribution in [2.45, 2.75) is 26.8 Å². The van der Waals surface area contributed by atoms with Gasteiger partial charge in [-0.15, -0.1) is 0 Å². The summed E-state index contributed by atoms with van der Waals surface area (Å²) in [7, 11) is 0. The molecule has 0 aromatic heterocycles. The van der Waals surface area contributed by atoms with E-state index in [2.05, 4.69) is 0 Å². The highest BCUT2D eigenvalue weighted by Crippen LogP contribution is 2.43. The van der Waals surface area contributed by atoms with Crippen LogP contribution in [0.3, 0.4) is 0 Å².